The van der Waals surface area contributed by atoms with E-state index in [-0.39, 0.29) is 17.4 Å². The fraction of sp³-hybridized carbons (Fsp3) is 0.917. The van der Waals surface area contributed by atoms with E-state index in [4.69, 9.17) is 4.74 Å². The van der Waals surface area contributed by atoms with Gasteiger partial charge in [-0.15, -0.1) is 0 Å². The molecule has 2 atom stereocenters. The Morgan fingerprint density at radius 2 is 1.93 bits per heavy atom. The first kappa shape index (κ1) is 10.9. The van der Waals surface area contributed by atoms with Gasteiger partial charge >= 0.3 is 0 Å². The van der Waals surface area contributed by atoms with E-state index in [0.717, 1.165) is 12.5 Å². The van der Waals surface area contributed by atoms with Gasteiger partial charge < -0.3 is 10.1 Å². The monoisotopic (exact) mass is 211 g/mol. The van der Waals surface area contributed by atoms with Crippen molar-refractivity contribution in [2.24, 2.45) is 17.3 Å². The molecule has 2 fully saturated rings. The fourth-order valence-corrected chi connectivity index (χ4v) is 2.09. The molecular formula is C12H21NO2. The van der Waals surface area contributed by atoms with E-state index < -0.39 is 0 Å². The van der Waals surface area contributed by atoms with Crippen LogP contribution in [-0.4, -0.2) is 25.2 Å². The SMILES string of the molecule is CC(C)(C)C(=O)NC1COCC1C1CC1. The maximum atomic E-state index is 11.8. The molecule has 0 aromatic carbocycles. The molecule has 0 spiro atoms. The average molecular weight is 211 g/mol. The molecular weight excluding hydrogens is 190 g/mol. The number of carbonyl (C=O) groups excluding carboxylic acids is 1. The van der Waals surface area contributed by atoms with Gasteiger partial charge in [-0.3, -0.25) is 4.79 Å². The lowest BCUT2D eigenvalue weighted by molar-refractivity contribution is -0.129. The molecule has 0 aromatic rings. The number of rotatable bonds is 2. The molecule has 0 bridgehead atoms. The molecule has 1 amide bonds. The highest BCUT2D eigenvalue weighted by Crippen LogP contribution is 2.40. The first-order chi connectivity index (χ1) is 6.98. The molecule has 1 saturated carbocycles. The standard InChI is InChI=1S/C12H21NO2/c1-12(2,3)11(14)13-10-7-15-6-9(10)8-4-5-8/h8-10H,4-7H2,1-3H3,(H,13,14). The topological polar surface area (TPSA) is 38.3 Å². The third-order valence-corrected chi connectivity index (χ3v) is 3.35. The summed E-state index contributed by atoms with van der Waals surface area (Å²) in [5.41, 5.74) is -0.295. The Kier molecular flexibility index (Phi) is 2.75. The van der Waals surface area contributed by atoms with Crippen molar-refractivity contribution in [3.8, 4) is 0 Å². The molecule has 3 nitrogen and oxygen atoms in total. The molecule has 0 aromatic heterocycles. The quantitative estimate of drug-likeness (QED) is 0.753. The van der Waals surface area contributed by atoms with Crippen LogP contribution in [0.2, 0.25) is 0 Å². The van der Waals surface area contributed by atoms with Gasteiger partial charge in [-0.2, -0.15) is 0 Å². The van der Waals surface area contributed by atoms with Gasteiger partial charge in [-0.25, -0.2) is 0 Å². The van der Waals surface area contributed by atoms with Gasteiger partial charge in [0.2, 0.25) is 5.91 Å². The zero-order valence-electron chi connectivity index (χ0n) is 9.88. The first-order valence-corrected chi connectivity index (χ1v) is 5.87. The van der Waals surface area contributed by atoms with Crippen molar-refractivity contribution >= 4 is 5.91 Å². The molecule has 2 aliphatic rings. The molecule has 15 heavy (non-hydrogen) atoms. The molecule has 1 saturated heterocycles. The molecule has 2 rings (SSSR count). The summed E-state index contributed by atoms with van der Waals surface area (Å²) in [5.74, 6) is 1.51. The van der Waals surface area contributed by atoms with E-state index in [2.05, 4.69) is 5.32 Å². The van der Waals surface area contributed by atoms with Crippen molar-refractivity contribution in [2.75, 3.05) is 13.2 Å². The third-order valence-electron chi connectivity index (χ3n) is 3.35. The maximum absolute atomic E-state index is 11.8. The van der Waals surface area contributed by atoms with Crippen molar-refractivity contribution in [1.29, 1.82) is 0 Å². The summed E-state index contributed by atoms with van der Waals surface area (Å²) < 4.78 is 5.47. The molecule has 1 N–H and O–H groups in total. The summed E-state index contributed by atoms with van der Waals surface area (Å²) in [5, 5.41) is 3.13. The molecule has 2 unspecified atom stereocenters. The van der Waals surface area contributed by atoms with Gasteiger partial charge in [0.25, 0.3) is 0 Å². The normalized spacial score (nSPS) is 31.7. The Hall–Kier alpha value is -0.570. The van der Waals surface area contributed by atoms with Gasteiger partial charge in [0.1, 0.15) is 0 Å². The number of hydrogen-bond donors (Lipinski definition) is 1. The van der Waals surface area contributed by atoms with Crippen LogP contribution < -0.4 is 5.32 Å². The van der Waals surface area contributed by atoms with Crippen molar-refractivity contribution in [1.82, 2.24) is 5.32 Å². The fourth-order valence-electron chi connectivity index (χ4n) is 2.09. The molecule has 1 aliphatic heterocycles. The minimum Gasteiger partial charge on any atom is -0.379 e. The number of amides is 1. The van der Waals surface area contributed by atoms with Gasteiger partial charge in [0.15, 0.2) is 0 Å². The third kappa shape index (κ3) is 2.51. The Labute approximate surface area is 91.6 Å². The smallest absolute Gasteiger partial charge is 0.225 e. The molecule has 1 aliphatic carbocycles. The Bertz CT molecular complexity index is 253. The number of ether oxygens (including phenoxy) is 1. The maximum Gasteiger partial charge on any atom is 0.225 e. The zero-order valence-corrected chi connectivity index (χ0v) is 9.88. The van der Waals surface area contributed by atoms with Gasteiger partial charge in [-0.1, -0.05) is 20.8 Å². The molecule has 86 valence electrons. The van der Waals surface area contributed by atoms with Crippen molar-refractivity contribution in [3.63, 3.8) is 0 Å². The molecule has 3 heteroatoms. The van der Waals surface area contributed by atoms with Gasteiger partial charge in [0, 0.05) is 11.3 Å². The minimum absolute atomic E-state index is 0.142. The predicted octanol–water partition coefficient (Wildman–Crippen LogP) is 1.57. The van der Waals surface area contributed by atoms with Crippen molar-refractivity contribution < 1.29 is 9.53 Å². The highest BCUT2D eigenvalue weighted by molar-refractivity contribution is 5.81. The average Bonchev–Trinajstić information content (AvgIpc) is 2.86. The summed E-state index contributed by atoms with van der Waals surface area (Å²) >= 11 is 0. The van der Waals surface area contributed by atoms with Crippen LogP contribution in [0.15, 0.2) is 0 Å². The van der Waals surface area contributed by atoms with Gasteiger partial charge in [-0.05, 0) is 18.8 Å². The van der Waals surface area contributed by atoms with E-state index in [9.17, 15) is 4.79 Å². The summed E-state index contributed by atoms with van der Waals surface area (Å²) in [6.07, 6.45) is 2.63. The van der Waals surface area contributed by atoms with Gasteiger partial charge in [0.05, 0.1) is 19.3 Å². The van der Waals surface area contributed by atoms with Crippen LogP contribution in [0.4, 0.5) is 0 Å². The lowest BCUT2D eigenvalue weighted by Crippen LogP contribution is -2.45. The van der Waals surface area contributed by atoms with Crippen molar-refractivity contribution in [2.45, 2.75) is 39.7 Å². The van der Waals surface area contributed by atoms with E-state index in [1.165, 1.54) is 12.8 Å². The summed E-state index contributed by atoms with van der Waals surface area (Å²) in [6.45, 7) is 7.38. The van der Waals surface area contributed by atoms with Crippen LogP contribution in [0.3, 0.4) is 0 Å². The van der Waals surface area contributed by atoms with Crippen molar-refractivity contribution in [3.05, 3.63) is 0 Å². The predicted molar refractivity (Wildman–Crippen MR) is 58.4 cm³/mol. The summed E-state index contributed by atoms with van der Waals surface area (Å²) in [4.78, 5) is 11.8. The number of hydrogen-bond acceptors (Lipinski definition) is 2. The second-order valence-corrected chi connectivity index (χ2v) is 5.87. The van der Waals surface area contributed by atoms with E-state index >= 15 is 0 Å². The Morgan fingerprint density at radius 1 is 1.27 bits per heavy atom. The molecule has 1 heterocycles. The van der Waals surface area contributed by atoms with E-state index in [1.54, 1.807) is 0 Å². The lowest BCUT2D eigenvalue weighted by atomic mass is 9.92. The highest BCUT2D eigenvalue weighted by atomic mass is 16.5. The van der Waals surface area contributed by atoms with E-state index in [0.29, 0.717) is 12.5 Å². The second kappa shape index (κ2) is 3.78. The Morgan fingerprint density at radius 3 is 2.47 bits per heavy atom. The van der Waals surface area contributed by atoms with Crippen LogP contribution in [-0.2, 0) is 9.53 Å². The van der Waals surface area contributed by atoms with Crippen LogP contribution in [0.1, 0.15) is 33.6 Å². The highest BCUT2D eigenvalue weighted by Gasteiger charge is 2.41. The minimum atomic E-state index is -0.295. The zero-order chi connectivity index (χ0) is 11.1. The number of nitrogens with one attached hydrogen (secondary N) is 1. The van der Waals surface area contributed by atoms with Crippen LogP contribution in [0.25, 0.3) is 0 Å². The second-order valence-electron chi connectivity index (χ2n) is 5.87. The summed E-state index contributed by atoms with van der Waals surface area (Å²) in [6, 6.07) is 0.254. The summed E-state index contributed by atoms with van der Waals surface area (Å²) in [7, 11) is 0. The largest absolute Gasteiger partial charge is 0.379 e. The van der Waals surface area contributed by atoms with Crippen LogP contribution in [0, 0.1) is 17.3 Å². The van der Waals surface area contributed by atoms with Crippen LogP contribution >= 0.6 is 0 Å². The Balaban J connectivity index is 1.90. The first-order valence-electron chi connectivity index (χ1n) is 5.87. The van der Waals surface area contributed by atoms with E-state index in [1.807, 2.05) is 20.8 Å². The lowest BCUT2D eigenvalue weighted by Gasteiger charge is -2.24. The number of carbonyl (C=O) groups is 1. The van der Waals surface area contributed by atoms with Crippen LogP contribution in [0.5, 0.6) is 0 Å². The molecule has 0 radical (unpaired) electrons.